The molecule has 0 atom stereocenters. The minimum absolute atomic E-state index is 0.00432. The number of carbonyl (C=O) groups excluding carboxylic acids is 2. The number of oxazole rings is 1. The second-order valence-corrected chi connectivity index (χ2v) is 12.8. The van der Waals surface area contributed by atoms with Crippen molar-refractivity contribution in [1.29, 1.82) is 0 Å². The molecule has 0 saturated heterocycles. The van der Waals surface area contributed by atoms with Crippen molar-refractivity contribution in [2.75, 3.05) is 11.6 Å². The summed E-state index contributed by atoms with van der Waals surface area (Å²) in [7, 11) is -1.09. The number of anilines is 1. The van der Waals surface area contributed by atoms with Crippen LogP contribution in [0.25, 0.3) is 22.6 Å². The van der Waals surface area contributed by atoms with Crippen molar-refractivity contribution in [2.24, 2.45) is 25.9 Å². The minimum atomic E-state index is -3.79. The molecule has 0 radical (unpaired) electrons. The first-order chi connectivity index (χ1) is 19.4. The number of amides is 1. The van der Waals surface area contributed by atoms with Crippen LogP contribution >= 0.6 is 0 Å². The molecule has 214 valence electrons. The van der Waals surface area contributed by atoms with Gasteiger partial charge >= 0.3 is 5.69 Å². The maximum atomic E-state index is 13.1. The zero-order chi connectivity index (χ0) is 29.2. The lowest BCUT2D eigenvalue weighted by molar-refractivity contribution is -0.119. The van der Waals surface area contributed by atoms with Gasteiger partial charge in [0.05, 0.1) is 12.7 Å². The normalized spacial score (nSPS) is 15.4. The molecular formula is C27H28N6O7S. The largest absolute Gasteiger partial charge is 0.439 e. The van der Waals surface area contributed by atoms with E-state index in [2.05, 4.69) is 15.3 Å². The van der Waals surface area contributed by atoms with Crippen molar-refractivity contribution >= 4 is 38.4 Å². The molecule has 2 saturated carbocycles. The maximum Gasteiger partial charge on any atom is 0.332 e. The smallest absolute Gasteiger partial charge is 0.332 e. The van der Waals surface area contributed by atoms with Crippen LogP contribution in [0.5, 0.6) is 0 Å². The predicted octanol–water partition coefficient (Wildman–Crippen LogP) is 1.41. The molecule has 2 aliphatic rings. The van der Waals surface area contributed by atoms with Gasteiger partial charge in [-0.3, -0.25) is 23.5 Å². The van der Waals surface area contributed by atoms with Crippen molar-refractivity contribution in [3.8, 4) is 11.5 Å². The van der Waals surface area contributed by atoms with Crippen LogP contribution < -0.4 is 16.6 Å². The Labute approximate surface area is 233 Å². The molecule has 41 heavy (non-hydrogen) atoms. The molecule has 2 aliphatic carbocycles. The minimum Gasteiger partial charge on any atom is -0.439 e. The summed E-state index contributed by atoms with van der Waals surface area (Å²) in [5.74, 6) is 0.609. The van der Waals surface area contributed by atoms with Crippen molar-refractivity contribution in [3.05, 3.63) is 56.6 Å². The van der Waals surface area contributed by atoms with Gasteiger partial charge in [-0.2, -0.15) is 4.98 Å². The van der Waals surface area contributed by atoms with Crippen molar-refractivity contribution in [1.82, 2.24) is 23.7 Å². The Morgan fingerprint density at radius 3 is 2.41 bits per heavy atom. The van der Waals surface area contributed by atoms with Crippen LogP contribution in [0.3, 0.4) is 0 Å². The standard InChI is InChI=1S/C27H28N6O7S/c1-31-21-22(30-26(31)41(3,38)39)33(27(37)32(2)25(21)36)13-19-12-28-24(40-19)17-8-14(10-20(34)15-4-5-15)9-18(11-17)29-23(35)16-6-7-16/h8-9,11-12,15-16H,4-7,10,13H2,1-3H3,(H,29,35). The third-order valence-corrected chi connectivity index (χ3v) is 8.41. The van der Waals surface area contributed by atoms with E-state index in [1.807, 2.05) is 0 Å². The Morgan fingerprint density at radius 1 is 1.05 bits per heavy atom. The number of ketones is 1. The number of sulfone groups is 1. The average molecular weight is 581 g/mol. The van der Waals surface area contributed by atoms with E-state index >= 15 is 0 Å². The Kier molecular flexibility index (Phi) is 6.32. The van der Waals surface area contributed by atoms with Crippen LogP contribution in [-0.2, 0) is 46.5 Å². The molecule has 4 aromatic rings. The van der Waals surface area contributed by atoms with Gasteiger partial charge in [0.25, 0.3) is 5.56 Å². The number of rotatable bonds is 9. The average Bonchev–Trinajstić information content (AvgIpc) is 3.84. The highest BCUT2D eigenvalue weighted by molar-refractivity contribution is 7.90. The van der Waals surface area contributed by atoms with Gasteiger partial charge in [0.15, 0.2) is 11.2 Å². The summed E-state index contributed by atoms with van der Waals surface area (Å²) in [5.41, 5.74) is 0.283. The molecule has 6 rings (SSSR count). The van der Waals surface area contributed by atoms with Gasteiger partial charge in [0, 0.05) is 49.9 Å². The highest BCUT2D eigenvalue weighted by atomic mass is 32.2. The molecule has 3 heterocycles. The molecule has 14 heteroatoms. The van der Waals surface area contributed by atoms with Gasteiger partial charge in [-0.25, -0.2) is 18.2 Å². The lowest BCUT2D eigenvalue weighted by Crippen LogP contribution is -2.38. The van der Waals surface area contributed by atoms with Crippen LogP contribution in [0.1, 0.15) is 37.0 Å². The topological polar surface area (TPSA) is 168 Å². The zero-order valence-corrected chi connectivity index (χ0v) is 23.5. The van der Waals surface area contributed by atoms with E-state index < -0.39 is 21.1 Å². The number of imidazole rings is 1. The molecule has 3 aromatic heterocycles. The first-order valence-corrected chi connectivity index (χ1v) is 15.1. The Morgan fingerprint density at radius 2 is 1.76 bits per heavy atom. The number of carbonyl (C=O) groups is 2. The van der Waals surface area contributed by atoms with Crippen molar-refractivity contribution < 1.29 is 22.4 Å². The van der Waals surface area contributed by atoms with Crippen molar-refractivity contribution in [2.45, 2.75) is 43.8 Å². The summed E-state index contributed by atoms with van der Waals surface area (Å²) in [6.45, 7) is -0.179. The number of aromatic nitrogens is 5. The first-order valence-electron chi connectivity index (χ1n) is 13.2. The summed E-state index contributed by atoms with van der Waals surface area (Å²) >= 11 is 0. The molecule has 0 unspecified atom stereocenters. The zero-order valence-electron chi connectivity index (χ0n) is 22.7. The number of hydrogen-bond donors (Lipinski definition) is 1. The number of aryl methyl sites for hydroxylation is 1. The molecule has 2 fully saturated rings. The summed E-state index contributed by atoms with van der Waals surface area (Å²) in [4.78, 5) is 59.3. The number of hydrogen-bond acceptors (Lipinski definition) is 9. The monoisotopic (exact) mass is 580 g/mol. The number of benzene rings is 1. The Bertz CT molecular complexity index is 1930. The van der Waals surface area contributed by atoms with Gasteiger partial charge in [-0.15, -0.1) is 0 Å². The third-order valence-electron chi connectivity index (χ3n) is 7.38. The molecule has 13 nitrogen and oxygen atoms in total. The molecule has 1 N–H and O–H groups in total. The number of Topliss-reactive ketones (excluding diaryl/α,β-unsaturated/α-hetero) is 1. The lowest BCUT2D eigenvalue weighted by Gasteiger charge is -2.10. The molecule has 0 bridgehead atoms. The van der Waals surface area contributed by atoms with Crippen molar-refractivity contribution in [3.63, 3.8) is 0 Å². The van der Waals surface area contributed by atoms with E-state index in [1.165, 1.54) is 20.3 Å². The predicted molar refractivity (Wildman–Crippen MR) is 147 cm³/mol. The number of nitrogens with one attached hydrogen (secondary N) is 1. The van der Waals surface area contributed by atoms with Gasteiger partial charge < -0.3 is 14.3 Å². The number of fused-ring (bicyclic) bond motifs is 1. The van der Waals surface area contributed by atoms with E-state index in [9.17, 15) is 27.6 Å². The molecular weight excluding hydrogens is 552 g/mol. The lowest BCUT2D eigenvalue weighted by atomic mass is 10.0. The van der Waals surface area contributed by atoms with E-state index in [4.69, 9.17) is 4.42 Å². The molecule has 0 aliphatic heterocycles. The Balaban J connectivity index is 1.37. The highest BCUT2D eigenvalue weighted by Gasteiger charge is 2.31. The fourth-order valence-electron chi connectivity index (χ4n) is 4.88. The summed E-state index contributed by atoms with van der Waals surface area (Å²) < 4.78 is 33.7. The van der Waals surface area contributed by atoms with E-state index in [1.54, 1.807) is 18.2 Å². The summed E-state index contributed by atoms with van der Waals surface area (Å²) in [5, 5.41) is 2.57. The second kappa shape index (κ2) is 9.65. The van der Waals surface area contributed by atoms with Crippen LogP contribution in [-0.4, -0.2) is 50.0 Å². The Hall–Kier alpha value is -4.33. The maximum absolute atomic E-state index is 13.1. The third kappa shape index (κ3) is 5.14. The quantitative estimate of drug-likeness (QED) is 0.308. The van der Waals surface area contributed by atoms with E-state index in [0.29, 0.717) is 11.3 Å². The van der Waals surface area contributed by atoms with Crippen LogP contribution in [0.15, 0.2) is 43.6 Å². The van der Waals surface area contributed by atoms with E-state index in [0.717, 1.165) is 51.2 Å². The summed E-state index contributed by atoms with van der Waals surface area (Å²) in [6.07, 6.45) is 6.11. The first kappa shape index (κ1) is 26.9. The van der Waals surface area contributed by atoms with Gasteiger partial charge in [0.2, 0.25) is 26.8 Å². The van der Waals surface area contributed by atoms with Gasteiger partial charge in [-0.1, -0.05) is 0 Å². The molecule has 0 spiro atoms. The summed E-state index contributed by atoms with van der Waals surface area (Å²) in [6, 6.07) is 5.29. The SMILES string of the molecule is Cn1c(=O)c2c(nc(S(C)(=O)=O)n2C)n(Cc2cnc(-c3cc(CC(=O)C4CC4)cc(NC(=O)C4CC4)c3)o2)c1=O. The highest BCUT2D eigenvalue weighted by Crippen LogP contribution is 2.34. The van der Waals surface area contributed by atoms with Crippen LogP contribution in [0, 0.1) is 11.8 Å². The molecule has 1 amide bonds. The van der Waals surface area contributed by atoms with E-state index in [-0.39, 0.29) is 64.5 Å². The molecule has 1 aromatic carbocycles. The van der Waals surface area contributed by atoms with Gasteiger partial charge in [0.1, 0.15) is 11.5 Å². The van der Waals surface area contributed by atoms with Crippen LogP contribution in [0.2, 0.25) is 0 Å². The number of nitrogens with zero attached hydrogens (tertiary/aromatic N) is 5. The van der Waals surface area contributed by atoms with Gasteiger partial charge in [-0.05, 0) is 49.4 Å². The second-order valence-electron chi connectivity index (χ2n) is 10.9. The van der Waals surface area contributed by atoms with Crippen LogP contribution in [0.4, 0.5) is 5.69 Å². The fourth-order valence-corrected chi connectivity index (χ4v) is 5.72. The fraction of sp³-hybridized carbons (Fsp3) is 0.407.